The van der Waals surface area contributed by atoms with Crippen molar-refractivity contribution in [1.82, 2.24) is 5.32 Å². The number of esters is 1. The zero-order valence-corrected chi connectivity index (χ0v) is 53.8. The van der Waals surface area contributed by atoms with E-state index in [1.54, 1.807) is 0 Å². The topological polar surface area (TPSA) is 111 Å². The van der Waals surface area contributed by atoms with Crippen LogP contribution in [0.1, 0.15) is 316 Å². The van der Waals surface area contributed by atoms with Gasteiger partial charge in [-0.15, -0.1) is 0 Å². The van der Waals surface area contributed by atoms with Crippen molar-refractivity contribution in [2.24, 2.45) is 0 Å². The molecule has 0 aliphatic rings. The maximum Gasteiger partial charge on any atom is 0.472 e. The Morgan fingerprint density at radius 1 is 0.443 bits per heavy atom. The first-order valence-electron chi connectivity index (χ1n) is 33.6. The number of phosphoric ester groups is 1. The van der Waals surface area contributed by atoms with Crippen LogP contribution in [0.5, 0.6) is 0 Å². The molecule has 3 unspecified atom stereocenters. The van der Waals surface area contributed by atoms with Crippen LogP contribution in [0.15, 0.2) is 60.8 Å². The van der Waals surface area contributed by atoms with Gasteiger partial charge in [-0.2, -0.15) is 0 Å². The predicted octanol–water partition coefficient (Wildman–Crippen LogP) is 21.0. The second-order valence-electron chi connectivity index (χ2n) is 24.0. The number of rotatable bonds is 61. The minimum Gasteiger partial charge on any atom is -0.456 e. The van der Waals surface area contributed by atoms with Gasteiger partial charge in [0, 0.05) is 12.8 Å². The van der Waals surface area contributed by atoms with E-state index in [-0.39, 0.29) is 31.5 Å². The Bertz CT molecular complexity index is 1540. The second-order valence-corrected chi connectivity index (χ2v) is 25.4. The Labute approximate surface area is 490 Å². The standard InChI is InChI=1S/C69H129N2O7P/c1-7-10-13-16-19-22-25-27-29-31-33-35-37-39-41-43-46-49-52-55-58-61-68(72)70-66(65-77-79(74,75)76-64-63-71(4,5)6)67(60-57-54-51-48-45-24-21-18-15-12-9-3)78-69(73)62-59-56-53-50-47-44-42-40-38-36-34-32-30-28-26-23-20-17-14-11-8-2/h20,23,27-30,34,36,57,60,66-67H,7-19,21-22,24-26,31-33,35,37-56,58-59,61-65H2,1-6H3,(H-,70,72,74,75)/p+1/b23-20-,29-27+,30-28-,36-34-,60-57+. The fourth-order valence-corrected chi connectivity index (χ4v) is 10.4. The molecule has 2 N–H and O–H groups in total. The van der Waals surface area contributed by atoms with E-state index in [9.17, 15) is 19.0 Å². The molecule has 0 aromatic heterocycles. The van der Waals surface area contributed by atoms with Crippen LogP contribution >= 0.6 is 7.82 Å². The van der Waals surface area contributed by atoms with Crippen molar-refractivity contribution >= 4 is 19.7 Å². The van der Waals surface area contributed by atoms with E-state index < -0.39 is 20.0 Å². The van der Waals surface area contributed by atoms with Gasteiger partial charge in [-0.25, -0.2) is 4.57 Å². The normalized spacial score (nSPS) is 14.0. The molecule has 79 heavy (non-hydrogen) atoms. The molecular weight excluding hydrogens is 1000 g/mol. The highest BCUT2D eigenvalue weighted by Crippen LogP contribution is 2.43. The number of nitrogens with one attached hydrogen (secondary N) is 1. The highest BCUT2D eigenvalue weighted by molar-refractivity contribution is 7.47. The maximum absolute atomic E-state index is 13.6. The average Bonchev–Trinajstić information content (AvgIpc) is 3.41. The van der Waals surface area contributed by atoms with E-state index >= 15 is 0 Å². The van der Waals surface area contributed by atoms with Crippen molar-refractivity contribution in [2.45, 2.75) is 328 Å². The molecule has 10 heteroatoms. The van der Waals surface area contributed by atoms with Gasteiger partial charge < -0.3 is 19.4 Å². The molecule has 1 amide bonds. The number of hydrogen-bond donors (Lipinski definition) is 2. The molecule has 0 heterocycles. The monoisotopic (exact) mass is 1130 g/mol. The minimum atomic E-state index is -4.45. The third kappa shape index (κ3) is 60.1. The van der Waals surface area contributed by atoms with E-state index in [2.05, 4.69) is 74.7 Å². The third-order valence-corrected chi connectivity index (χ3v) is 15.9. The summed E-state index contributed by atoms with van der Waals surface area (Å²) >= 11 is 0. The van der Waals surface area contributed by atoms with Gasteiger partial charge in [0.2, 0.25) is 5.91 Å². The van der Waals surface area contributed by atoms with Crippen molar-refractivity contribution in [1.29, 1.82) is 0 Å². The molecule has 0 bridgehead atoms. The summed E-state index contributed by atoms with van der Waals surface area (Å²) in [6, 6.07) is -0.852. The average molecular weight is 1130 g/mol. The van der Waals surface area contributed by atoms with Crippen molar-refractivity contribution < 1.29 is 37.3 Å². The first-order chi connectivity index (χ1) is 38.4. The summed E-state index contributed by atoms with van der Waals surface area (Å²) in [5.41, 5.74) is 0. The molecule has 9 nitrogen and oxygen atoms in total. The number of unbranched alkanes of at least 4 members (excludes halogenated alkanes) is 37. The first-order valence-corrected chi connectivity index (χ1v) is 35.1. The fourth-order valence-electron chi connectivity index (χ4n) is 9.71. The van der Waals surface area contributed by atoms with Gasteiger partial charge in [0.25, 0.3) is 0 Å². The highest BCUT2D eigenvalue weighted by Gasteiger charge is 2.30. The van der Waals surface area contributed by atoms with Gasteiger partial charge in [0.05, 0.1) is 33.8 Å². The largest absolute Gasteiger partial charge is 0.472 e. The van der Waals surface area contributed by atoms with Gasteiger partial charge in [0.15, 0.2) is 0 Å². The molecule has 0 fully saturated rings. The Morgan fingerprint density at radius 2 is 0.772 bits per heavy atom. The van der Waals surface area contributed by atoms with Gasteiger partial charge >= 0.3 is 13.8 Å². The summed E-state index contributed by atoms with van der Waals surface area (Å²) in [6.45, 7) is 7.00. The first kappa shape index (κ1) is 76.7. The van der Waals surface area contributed by atoms with Crippen molar-refractivity contribution in [3.63, 3.8) is 0 Å². The number of allylic oxidation sites excluding steroid dienone is 9. The van der Waals surface area contributed by atoms with Crippen LogP contribution < -0.4 is 5.32 Å². The predicted molar refractivity (Wildman–Crippen MR) is 342 cm³/mol. The Kier molecular flexibility index (Phi) is 57.2. The lowest BCUT2D eigenvalue weighted by molar-refractivity contribution is -0.870. The summed E-state index contributed by atoms with van der Waals surface area (Å²) in [6.07, 6.45) is 75.1. The van der Waals surface area contributed by atoms with Crippen molar-refractivity contribution in [2.75, 3.05) is 40.9 Å². The van der Waals surface area contributed by atoms with Gasteiger partial charge in [-0.05, 0) is 96.0 Å². The molecule has 0 spiro atoms. The highest BCUT2D eigenvalue weighted by atomic mass is 31.2. The lowest BCUT2D eigenvalue weighted by Gasteiger charge is -2.27. The molecule has 0 aliphatic heterocycles. The number of quaternary nitrogens is 1. The maximum atomic E-state index is 13.6. The number of nitrogens with zero attached hydrogens (tertiary/aromatic N) is 1. The van der Waals surface area contributed by atoms with Crippen LogP contribution in [0.3, 0.4) is 0 Å². The quantitative estimate of drug-likeness (QED) is 0.0205. The summed E-state index contributed by atoms with van der Waals surface area (Å²) < 4.78 is 30.8. The molecule has 3 atom stereocenters. The Morgan fingerprint density at radius 3 is 1.19 bits per heavy atom. The molecule has 0 radical (unpaired) electrons. The second kappa shape index (κ2) is 58.9. The summed E-state index contributed by atoms with van der Waals surface area (Å²) in [4.78, 5) is 37.8. The van der Waals surface area contributed by atoms with Crippen LogP contribution in [-0.2, 0) is 27.9 Å². The lowest BCUT2D eigenvalue weighted by Crippen LogP contribution is -2.47. The molecule has 0 saturated heterocycles. The number of hydrogen-bond acceptors (Lipinski definition) is 6. The number of amides is 1. The van der Waals surface area contributed by atoms with Gasteiger partial charge in [0.1, 0.15) is 19.3 Å². The molecule has 0 aromatic rings. The minimum absolute atomic E-state index is 0.0384. The molecule has 462 valence electrons. The van der Waals surface area contributed by atoms with E-state index in [0.717, 1.165) is 83.5 Å². The Hall–Kier alpha value is -2.29. The zero-order valence-electron chi connectivity index (χ0n) is 52.9. The molecule has 0 aromatic carbocycles. The van der Waals surface area contributed by atoms with Crippen LogP contribution in [0.4, 0.5) is 0 Å². The molecule has 0 saturated carbocycles. The number of ether oxygens (including phenoxy) is 1. The summed E-state index contributed by atoms with van der Waals surface area (Å²) in [5, 5.41) is 3.06. The van der Waals surface area contributed by atoms with Gasteiger partial charge in [-0.1, -0.05) is 268 Å². The van der Waals surface area contributed by atoms with Crippen molar-refractivity contribution in [3.8, 4) is 0 Å². The Balaban J connectivity index is 5.12. The van der Waals surface area contributed by atoms with Crippen LogP contribution in [0.25, 0.3) is 0 Å². The number of phosphoric acid groups is 1. The van der Waals surface area contributed by atoms with E-state index in [1.165, 1.54) is 199 Å². The van der Waals surface area contributed by atoms with Crippen LogP contribution in [-0.4, -0.2) is 74.3 Å². The summed E-state index contributed by atoms with van der Waals surface area (Å²) in [5.74, 6) is -0.506. The zero-order chi connectivity index (χ0) is 57.9. The molecular formula is C69H130N2O7P+. The number of carbonyl (C=O) groups is 2. The van der Waals surface area contributed by atoms with Crippen LogP contribution in [0.2, 0.25) is 0 Å². The van der Waals surface area contributed by atoms with Crippen molar-refractivity contribution in [3.05, 3.63) is 60.8 Å². The number of carbonyl (C=O) groups excluding carboxylic acids is 2. The molecule has 0 rings (SSSR count). The van der Waals surface area contributed by atoms with E-state index in [1.807, 2.05) is 33.3 Å². The van der Waals surface area contributed by atoms with E-state index in [0.29, 0.717) is 17.4 Å². The third-order valence-electron chi connectivity index (χ3n) is 14.9. The smallest absolute Gasteiger partial charge is 0.456 e. The summed E-state index contributed by atoms with van der Waals surface area (Å²) in [7, 11) is 1.50. The van der Waals surface area contributed by atoms with Gasteiger partial charge in [-0.3, -0.25) is 18.6 Å². The SMILES string of the molecule is CCCCC/C=C\C/C=C\C/C=C\CCCCCCCCCCC(=O)OC(/C=C/CCCCCCCCCCC)C(COP(=O)(O)OCC[N+](C)(C)C)NC(=O)CCCCCCCCCCCCC/C=C/CCCCCCCC. The van der Waals surface area contributed by atoms with Crippen LogP contribution in [0, 0.1) is 0 Å². The fraction of sp³-hybridized carbons (Fsp3) is 0.826. The molecule has 0 aliphatic carbocycles. The van der Waals surface area contributed by atoms with E-state index in [4.69, 9.17) is 13.8 Å². The lowest BCUT2D eigenvalue weighted by atomic mass is 10.0. The number of likely N-dealkylation sites (N-methyl/N-ethyl adjacent to an activating group) is 1.